The standard InChI is InChI=1S/C19H20N4O2/c1-11-9-16(13-7-8-13)21-19(20-11)22-17(24)12(2)23-10-14-5-3-4-6-15(14)18(23)25/h3-6,9,12-13H,7-8,10H2,1-2H3,(H,20,21,22,24)/t12-/m1/s1. The van der Waals surface area contributed by atoms with E-state index in [1.165, 1.54) is 0 Å². The van der Waals surface area contributed by atoms with Gasteiger partial charge in [-0.15, -0.1) is 0 Å². The Morgan fingerprint density at radius 1 is 1.28 bits per heavy atom. The molecule has 4 rings (SSSR count). The maximum atomic E-state index is 12.6. The molecule has 0 spiro atoms. The van der Waals surface area contributed by atoms with E-state index < -0.39 is 6.04 Å². The van der Waals surface area contributed by atoms with Crippen molar-refractivity contribution < 1.29 is 9.59 Å². The fraction of sp³-hybridized carbons (Fsp3) is 0.368. The van der Waals surface area contributed by atoms with Crippen molar-refractivity contribution in [1.82, 2.24) is 14.9 Å². The van der Waals surface area contributed by atoms with Crippen LogP contribution < -0.4 is 5.32 Å². The van der Waals surface area contributed by atoms with Crippen LogP contribution in [-0.4, -0.2) is 32.7 Å². The zero-order valence-electron chi connectivity index (χ0n) is 14.3. The van der Waals surface area contributed by atoms with Gasteiger partial charge in [0, 0.05) is 29.4 Å². The van der Waals surface area contributed by atoms with Gasteiger partial charge < -0.3 is 4.90 Å². The van der Waals surface area contributed by atoms with Crippen molar-refractivity contribution in [2.75, 3.05) is 5.32 Å². The number of benzene rings is 1. The number of fused-ring (bicyclic) bond motifs is 1. The highest BCUT2D eigenvalue weighted by Gasteiger charge is 2.34. The molecule has 1 saturated carbocycles. The molecule has 128 valence electrons. The first-order valence-corrected chi connectivity index (χ1v) is 8.58. The second-order valence-electron chi connectivity index (χ2n) is 6.79. The Labute approximate surface area is 146 Å². The Kier molecular flexibility index (Phi) is 3.75. The summed E-state index contributed by atoms with van der Waals surface area (Å²) in [5.74, 6) is 0.433. The highest BCUT2D eigenvalue weighted by atomic mass is 16.2. The van der Waals surface area contributed by atoms with Crippen molar-refractivity contribution in [2.45, 2.75) is 45.2 Å². The molecule has 2 amide bonds. The summed E-state index contributed by atoms with van der Waals surface area (Å²) in [5, 5.41) is 2.77. The highest BCUT2D eigenvalue weighted by molar-refractivity contribution is 6.03. The number of nitrogens with zero attached hydrogens (tertiary/aromatic N) is 3. The van der Waals surface area contributed by atoms with Crippen molar-refractivity contribution >= 4 is 17.8 Å². The van der Waals surface area contributed by atoms with Gasteiger partial charge >= 0.3 is 0 Å². The summed E-state index contributed by atoms with van der Waals surface area (Å²) < 4.78 is 0. The molecular weight excluding hydrogens is 316 g/mol. The summed E-state index contributed by atoms with van der Waals surface area (Å²) in [5.41, 5.74) is 3.45. The molecule has 0 bridgehead atoms. The van der Waals surface area contributed by atoms with Gasteiger partial charge in [0.1, 0.15) is 6.04 Å². The van der Waals surface area contributed by atoms with Gasteiger partial charge in [-0.2, -0.15) is 0 Å². The molecule has 1 aromatic carbocycles. The average Bonchev–Trinajstić information content (AvgIpc) is 3.39. The number of hydrogen-bond acceptors (Lipinski definition) is 4. The summed E-state index contributed by atoms with van der Waals surface area (Å²) in [6, 6.07) is 8.84. The predicted octanol–water partition coefficient (Wildman–Crippen LogP) is 2.65. The maximum Gasteiger partial charge on any atom is 0.255 e. The summed E-state index contributed by atoms with van der Waals surface area (Å²) in [6.45, 7) is 4.08. The maximum absolute atomic E-state index is 12.6. The van der Waals surface area contributed by atoms with Crippen molar-refractivity contribution in [3.05, 3.63) is 52.8 Å². The molecule has 1 fully saturated rings. The number of carbonyl (C=O) groups excluding carboxylic acids is 2. The lowest BCUT2D eigenvalue weighted by atomic mass is 10.1. The van der Waals surface area contributed by atoms with E-state index in [9.17, 15) is 9.59 Å². The number of nitrogens with one attached hydrogen (secondary N) is 1. The first-order chi connectivity index (χ1) is 12.0. The van der Waals surface area contributed by atoms with Gasteiger partial charge in [0.25, 0.3) is 5.91 Å². The largest absolute Gasteiger partial charge is 0.323 e. The summed E-state index contributed by atoms with van der Waals surface area (Å²) in [7, 11) is 0. The molecule has 6 heteroatoms. The quantitative estimate of drug-likeness (QED) is 0.931. The van der Waals surface area contributed by atoms with Gasteiger partial charge in [0.05, 0.1) is 0 Å². The molecular formula is C19H20N4O2. The normalized spacial score (nSPS) is 17.4. The van der Waals surface area contributed by atoms with E-state index in [1.807, 2.05) is 31.2 Å². The lowest BCUT2D eigenvalue weighted by molar-refractivity contribution is -0.120. The van der Waals surface area contributed by atoms with Crippen molar-refractivity contribution in [3.63, 3.8) is 0 Å². The molecule has 1 aromatic heterocycles. The van der Waals surface area contributed by atoms with Crippen LogP contribution in [0.15, 0.2) is 30.3 Å². The van der Waals surface area contributed by atoms with Crippen molar-refractivity contribution in [1.29, 1.82) is 0 Å². The highest BCUT2D eigenvalue weighted by Crippen LogP contribution is 2.39. The fourth-order valence-corrected chi connectivity index (χ4v) is 3.18. The lowest BCUT2D eigenvalue weighted by Gasteiger charge is -2.23. The second-order valence-corrected chi connectivity index (χ2v) is 6.79. The number of amides is 2. The van der Waals surface area contributed by atoms with Crippen LogP contribution in [0.25, 0.3) is 0 Å². The number of carbonyl (C=O) groups is 2. The van der Waals surface area contributed by atoms with Crippen LogP contribution in [0, 0.1) is 6.92 Å². The number of anilines is 1. The number of rotatable bonds is 4. The van der Waals surface area contributed by atoms with E-state index in [4.69, 9.17) is 0 Å². The van der Waals surface area contributed by atoms with Crippen LogP contribution in [0.5, 0.6) is 0 Å². The van der Waals surface area contributed by atoms with Gasteiger partial charge in [-0.25, -0.2) is 9.97 Å². The number of hydrogen-bond donors (Lipinski definition) is 1. The molecule has 2 aliphatic rings. The second kappa shape index (κ2) is 5.95. The lowest BCUT2D eigenvalue weighted by Crippen LogP contribution is -2.42. The minimum Gasteiger partial charge on any atom is -0.323 e. The molecule has 2 heterocycles. The minimum atomic E-state index is -0.589. The zero-order chi connectivity index (χ0) is 17.6. The molecule has 0 saturated heterocycles. The van der Waals surface area contributed by atoms with Gasteiger partial charge in [0.2, 0.25) is 11.9 Å². The molecule has 2 aromatic rings. The van der Waals surface area contributed by atoms with Crippen LogP contribution >= 0.6 is 0 Å². The van der Waals surface area contributed by atoms with E-state index in [1.54, 1.807) is 17.9 Å². The molecule has 0 radical (unpaired) electrons. The van der Waals surface area contributed by atoms with Gasteiger partial charge in [-0.3, -0.25) is 14.9 Å². The molecule has 1 aliphatic carbocycles. The monoisotopic (exact) mass is 336 g/mol. The Morgan fingerprint density at radius 2 is 2.04 bits per heavy atom. The van der Waals surface area contributed by atoms with Gasteiger partial charge in [-0.1, -0.05) is 18.2 Å². The SMILES string of the molecule is Cc1cc(C2CC2)nc(NC(=O)[C@@H](C)N2Cc3ccccc3C2=O)n1. The van der Waals surface area contributed by atoms with E-state index in [0.29, 0.717) is 24.0 Å². The predicted molar refractivity (Wildman–Crippen MR) is 93.2 cm³/mol. The van der Waals surface area contributed by atoms with Crippen LogP contribution in [0.3, 0.4) is 0 Å². The summed E-state index contributed by atoms with van der Waals surface area (Å²) in [6.07, 6.45) is 2.28. The van der Waals surface area contributed by atoms with Crippen molar-refractivity contribution in [2.24, 2.45) is 0 Å². The molecule has 25 heavy (non-hydrogen) atoms. The fourth-order valence-electron chi connectivity index (χ4n) is 3.18. The molecule has 1 aliphatic heterocycles. The van der Waals surface area contributed by atoms with Crippen LogP contribution in [-0.2, 0) is 11.3 Å². The number of aryl methyl sites for hydroxylation is 1. The Balaban J connectivity index is 1.49. The zero-order valence-corrected chi connectivity index (χ0v) is 14.3. The summed E-state index contributed by atoms with van der Waals surface area (Å²) in [4.78, 5) is 35.5. The Hall–Kier alpha value is -2.76. The number of aromatic nitrogens is 2. The molecule has 1 N–H and O–H groups in total. The smallest absolute Gasteiger partial charge is 0.255 e. The van der Waals surface area contributed by atoms with E-state index in [2.05, 4.69) is 15.3 Å². The van der Waals surface area contributed by atoms with Gasteiger partial charge in [-0.05, 0) is 44.4 Å². The van der Waals surface area contributed by atoms with Crippen molar-refractivity contribution in [3.8, 4) is 0 Å². The average molecular weight is 336 g/mol. The summed E-state index contributed by atoms with van der Waals surface area (Å²) >= 11 is 0. The van der Waals surface area contributed by atoms with E-state index in [0.717, 1.165) is 29.8 Å². The molecule has 6 nitrogen and oxygen atoms in total. The third-order valence-electron chi connectivity index (χ3n) is 4.80. The third kappa shape index (κ3) is 2.99. The van der Waals surface area contributed by atoms with Crippen LogP contribution in [0.4, 0.5) is 5.95 Å². The first-order valence-electron chi connectivity index (χ1n) is 8.58. The Bertz CT molecular complexity index is 860. The molecule has 0 unspecified atom stereocenters. The van der Waals surface area contributed by atoms with Gasteiger partial charge in [0.15, 0.2) is 0 Å². The van der Waals surface area contributed by atoms with Crippen LogP contribution in [0.2, 0.25) is 0 Å². The van der Waals surface area contributed by atoms with E-state index >= 15 is 0 Å². The van der Waals surface area contributed by atoms with E-state index in [-0.39, 0.29) is 11.8 Å². The van der Waals surface area contributed by atoms with Crippen LogP contribution in [0.1, 0.15) is 53.0 Å². The topological polar surface area (TPSA) is 75.2 Å². The first kappa shape index (κ1) is 15.7. The third-order valence-corrected chi connectivity index (χ3v) is 4.80. The molecule has 1 atom stereocenters. The Morgan fingerprint density at radius 3 is 2.76 bits per heavy atom. The minimum absolute atomic E-state index is 0.109.